The number of halogens is 1. The lowest BCUT2D eigenvalue weighted by atomic mass is 9.96. The molecule has 0 radical (unpaired) electrons. The normalized spacial score (nSPS) is 12.7. The summed E-state index contributed by atoms with van der Waals surface area (Å²) < 4.78 is 9.94. The molecule has 0 saturated carbocycles. The summed E-state index contributed by atoms with van der Waals surface area (Å²) in [6.45, 7) is 11.4. The van der Waals surface area contributed by atoms with Crippen molar-refractivity contribution in [1.82, 2.24) is 15.3 Å². The van der Waals surface area contributed by atoms with Gasteiger partial charge in [-0.3, -0.25) is 14.8 Å². The molecule has 0 aromatic carbocycles. The Bertz CT molecular complexity index is 782. The van der Waals surface area contributed by atoms with Crippen molar-refractivity contribution in [3.05, 3.63) is 60.2 Å². The third-order valence-corrected chi connectivity index (χ3v) is 4.75. The van der Waals surface area contributed by atoms with Gasteiger partial charge in [0.05, 0.1) is 13.2 Å². The summed E-state index contributed by atoms with van der Waals surface area (Å²) in [5, 5.41) is 3.25. The minimum absolute atomic E-state index is 0.104. The molecule has 8 heteroatoms. The van der Waals surface area contributed by atoms with E-state index in [4.69, 9.17) is 9.47 Å². The SMILES string of the molecule is CCOC(=O)C(Br)c1cccnc1.CCOC(=O)C(NCC(C)(C)C)c1cccnc1. The van der Waals surface area contributed by atoms with Crippen LogP contribution in [0.4, 0.5) is 0 Å². The summed E-state index contributed by atoms with van der Waals surface area (Å²) in [6, 6.07) is 6.86. The first-order valence-electron chi connectivity index (χ1n) is 10.2. The number of hydrogen-bond donors (Lipinski definition) is 1. The van der Waals surface area contributed by atoms with Gasteiger partial charge in [-0.15, -0.1) is 0 Å². The Morgan fingerprint density at radius 2 is 1.48 bits per heavy atom. The van der Waals surface area contributed by atoms with Gasteiger partial charge in [0, 0.05) is 31.3 Å². The van der Waals surface area contributed by atoms with E-state index in [2.05, 4.69) is 52.0 Å². The molecule has 0 amide bonds. The van der Waals surface area contributed by atoms with Gasteiger partial charge in [0.2, 0.25) is 0 Å². The van der Waals surface area contributed by atoms with Crippen LogP contribution in [-0.2, 0) is 19.1 Å². The van der Waals surface area contributed by atoms with Crippen molar-refractivity contribution in [3.63, 3.8) is 0 Å². The molecule has 1 N–H and O–H groups in total. The van der Waals surface area contributed by atoms with Gasteiger partial charge in [0.1, 0.15) is 10.9 Å². The van der Waals surface area contributed by atoms with Gasteiger partial charge >= 0.3 is 11.9 Å². The number of rotatable bonds is 8. The lowest BCUT2D eigenvalue weighted by Gasteiger charge is -2.23. The highest BCUT2D eigenvalue weighted by Crippen LogP contribution is 2.22. The number of carbonyl (C=O) groups excluding carboxylic acids is 2. The van der Waals surface area contributed by atoms with Crippen LogP contribution in [0, 0.1) is 5.41 Å². The van der Waals surface area contributed by atoms with E-state index in [1.807, 2.05) is 25.1 Å². The van der Waals surface area contributed by atoms with Crippen LogP contribution in [0.2, 0.25) is 0 Å². The Morgan fingerprint density at radius 3 is 1.94 bits per heavy atom. The summed E-state index contributed by atoms with van der Waals surface area (Å²) >= 11 is 3.24. The summed E-state index contributed by atoms with van der Waals surface area (Å²) in [5.41, 5.74) is 1.74. The number of aromatic nitrogens is 2. The van der Waals surface area contributed by atoms with Crippen molar-refractivity contribution in [1.29, 1.82) is 0 Å². The summed E-state index contributed by atoms with van der Waals surface area (Å²) in [5.74, 6) is -0.537. The van der Waals surface area contributed by atoms with Crippen molar-refractivity contribution in [2.75, 3.05) is 19.8 Å². The first kappa shape index (κ1) is 26.7. The molecular weight excluding hydrogens is 462 g/mol. The number of ether oxygens (including phenoxy) is 2. The molecule has 0 aliphatic carbocycles. The van der Waals surface area contributed by atoms with Crippen molar-refractivity contribution in [2.45, 2.75) is 45.5 Å². The molecule has 2 aromatic heterocycles. The molecule has 0 spiro atoms. The molecule has 0 aliphatic heterocycles. The fourth-order valence-electron chi connectivity index (χ4n) is 2.40. The Kier molecular flexibility index (Phi) is 12.0. The Morgan fingerprint density at radius 1 is 0.968 bits per heavy atom. The number of pyridine rings is 2. The number of carbonyl (C=O) groups is 2. The largest absolute Gasteiger partial charge is 0.465 e. The lowest BCUT2D eigenvalue weighted by molar-refractivity contribution is -0.146. The molecule has 31 heavy (non-hydrogen) atoms. The number of nitrogens with zero attached hydrogens (tertiary/aromatic N) is 2. The predicted molar refractivity (Wildman–Crippen MR) is 124 cm³/mol. The summed E-state index contributed by atoms with van der Waals surface area (Å²) in [6.07, 6.45) is 6.68. The van der Waals surface area contributed by atoms with Crippen LogP contribution < -0.4 is 5.32 Å². The van der Waals surface area contributed by atoms with E-state index in [0.717, 1.165) is 17.7 Å². The van der Waals surface area contributed by atoms with Crippen molar-refractivity contribution in [3.8, 4) is 0 Å². The van der Waals surface area contributed by atoms with E-state index in [1.54, 1.807) is 37.8 Å². The van der Waals surface area contributed by atoms with Gasteiger partial charge in [-0.1, -0.05) is 48.8 Å². The van der Waals surface area contributed by atoms with E-state index >= 15 is 0 Å². The molecule has 2 aromatic rings. The molecule has 0 saturated heterocycles. The average molecular weight is 494 g/mol. The monoisotopic (exact) mass is 493 g/mol. The van der Waals surface area contributed by atoms with Gasteiger partial charge in [0.15, 0.2) is 0 Å². The summed E-state index contributed by atoms with van der Waals surface area (Å²) in [7, 11) is 0. The zero-order chi connectivity index (χ0) is 23.3. The molecule has 0 aliphatic rings. The highest BCUT2D eigenvalue weighted by Gasteiger charge is 2.23. The van der Waals surface area contributed by atoms with Crippen molar-refractivity contribution >= 4 is 27.9 Å². The van der Waals surface area contributed by atoms with Crippen LogP contribution in [0.15, 0.2) is 49.1 Å². The van der Waals surface area contributed by atoms with E-state index in [1.165, 1.54) is 0 Å². The number of nitrogens with one attached hydrogen (secondary N) is 1. The third kappa shape index (κ3) is 10.5. The van der Waals surface area contributed by atoms with E-state index in [-0.39, 0.29) is 17.4 Å². The molecular formula is C23H32BrN3O4. The second-order valence-corrected chi connectivity index (χ2v) is 8.73. The first-order chi connectivity index (χ1) is 14.7. The molecule has 7 nitrogen and oxygen atoms in total. The maximum atomic E-state index is 11.9. The zero-order valence-corrected chi connectivity index (χ0v) is 20.4. The topological polar surface area (TPSA) is 90.4 Å². The highest BCUT2D eigenvalue weighted by atomic mass is 79.9. The van der Waals surface area contributed by atoms with Crippen LogP contribution in [-0.4, -0.2) is 41.7 Å². The maximum absolute atomic E-state index is 11.9. The van der Waals surface area contributed by atoms with Gasteiger partial charge in [-0.05, 0) is 42.5 Å². The number of esters is 2. The van der Waals surface area contributed by atoms with Crippen molar-refractivity contribution < 1.29 is 19.1 Å². The van der Waals surface area contributed by atoms with Crippen molar-refractivity contribution in [2.24, 2.45) is 5.41 Å². The Hall–Kier alpha value is -2.32. The van der Waals surface area contributed by atoms with Gasteiger partial charge < -0.3 is 14.8 Å². The highest BCUT2D eigenvalue weighted by molar-refractivity contribution is 9.09. The van der Waals surface area contributed by atoms with Crippen LogP contribution >= 0.6 is 15.9 Å². The maximum Gasteiger partial charge on any atom is 0.327 e. The fraction of sp³-hybridized carbons (Fsp3) is 0.478. The Balaban J connectivity index is 0.000000327. The fourth-order valence-corrected chi connectivity index (χ4v) is 2.80. The van der Waals surface area contributed by atoms with E-state index in [0.29, 0.717) is 13.2 Å². The van der Waals surface area contributed by atoms with Crippen LogP contribution in [0.1, 0.15) is 56.6 Å². The molecule has 2 unspecified atom stereocenters. The first-order valence-corrected chi connectivity index (χ1v) is 11.1. The summed E-state index contributed by atoms with van der Waals surface area (Å²) in [4.78, 5) is 30.7. The molecule has 0 fully saturated rings. The molecule has 2 atom stereocenters. The lowest BCUT2D eigenvalue weighted by Crippen LogP contribution is -2.35. The second-order valence-electron chi connectivity index (χ2n) is 7.81. The van der Waals surface area contributed by atoms with Gasteiger partial charge in [0.25, 0.3) is 0 Å². The predicted octanol–water partition coefficient (Wildman–Crippen LogP) is 4.40. The Labute approximate surface area is 193 Å². The minimum Gasteiger partial charge on any atom is -0.465 e. The zero-order valence-electron chi connectivity index (χ0n) is 18.8. The third-order valence-electron chi connectivity index (χ3n) is 3.85. The van der Waals surface area contributed by atoms with E-state index < -0.39 is 10.9 Å². The smallest absolute Gasteiger partial charge is 0.327 e. The van der Waals surface area contributed by atoms with Crippen LogP contribution in [0.25, 0.3) is 0 Å². The molecule has 0 bridgehead atoms. The molecule has 2 heterocycles. The average Bonchev–Trinajstić information content (AvgIpc) is 2.75. The van der Waals surface area contributed by atoms with Gasteiger partial charge in [-0.25, -0.2) is 4.79 Å². The second kappa shape index (κ2) is 13.9. The molecule has 170 valence electrons. The molecule has 2 rings (SSSR count). The minimum atomic E-state index is -0.446. The van der Waals surface area contributed by atoms with E-state index in [9.17, 15) is 9.59 Å². The number of alkyl halides is 1. The van der Waals surface area contributed by atoms with Crippen LogP contribution in [0.3, 0.4) is 0 Å². The quantitative estimate of drug-likeness (QED) is 0.430. The van der Waals surface area contributed by atoms with Gasteiger partial charge in [-0.2, -0.15) is 0 Å². The number of hydrogen-bond acceptors (Lipinski definition) is 7. The standard InChI is InChI=1S/C14H22N2O2.C9H10BrNO2/c1-5-18-13(17)12(16-10-14(2,3)4)11-7-6-8-15-9-11;1-2-13-9(12)8(10)7-4-3-5-11-6-7/h6-9,12,16H,5,10H2,1-4H3;3-6,8H,2H2,1H3. The van der Waals surface area contributed by atoms with Crippen LogP contribution in [0.5, 0.6) is 0 Å².